The minimum atomic E-state index is -4.48. The van der Waals surface area contributed by atoms with E-state index < -0.39 is 36.1 Å². The summed E-state index contributed by atoms with van der Waals surface area (Å²) in [5, 5.41) is 2.47. The Hall–Kier alpha value is -2.49. The molecule has 2 fully saturated rings. The first-order chi connectivity index (χ1) is 12.4. The number of amides is 1. The summed E-state index contributed by atoms with van der Waals surface area (Å²) in [6.07, 6.45) is -5.35. The van der Waals surface area contributed by atoms with E-state index in [1.165, 1.54) is 0 Å². The van der Waals surface area contributed by atoms with Crippen LogP contribution in [0, 0.1) is 11.8 Å². The first-order valence-corrected chi connectivity index (χ1v) is 8.22. The van der Waals surface area contributed by atoms with Gasteiger partial charge in [0.25, 0.3) is 0 Å². The van der Waals surface area contributed by atoms with Crippen LogP contribution in [0.25, 0.3) is 11.0 Å². The van der Waals surface area contributed by atoms with Crippen molar-refractivity contribution in [3.8, 4) is 11.5 Å². The van der Waals surface area contributed by atoms with E-state index in [-0.39, 0.29) is 12.7 Å². The van der Waals surface area contributed by atoms with Crippen molar-refractivity contribution in [1.82, 2.24) is 9.97 Å². The molecule has 3 aliphatic heterocycles. The van der Waals surface area contributed by atoms with Gasteiger partial charge in [0.15, 0.2) is 11.5 Å². The largest absolute Gasteiger partial charge is 0.454 e. The van der Waals surface area contributed by atoms with E-state index in [2.05, 4.69) is 15.3 Å². The van der Waals surface area contributed by atoms with Crippen LogP contribution in [0.15, 0.2) is 12.1 Å². The molecule has 7 nitrogen and oxygen atoms in total. The predicted molar refractivity (Wildman–Crippen MR) is 81.8 cm³/mol. The molecule has 4 atom stereocenters. The molecule has 1 aromatic carbocycles. The van der Waals surface area contributed by atoms with Gasteiger partial charge >= 0.3 is 6.18 Å². The van der Waals surface area contributed by atoms with Gasteiger partial charge in [0.2, 0.25) is 18.6 Å². The van der Waals surface area contributed by atoms with E-state index in [0.717, 1.165) is 0 Å². The molecule has 138 valence electrons. The second-order valence-corrected chi connectivity index (χ2v) is 6.68. The average molecular weight is 369 g/mol. The molecule has 0 saturated carbocycles. The summed E-state index contributed by atoms with van der Waals surface area (Å²) in [5.41, 5.74) is 1.10. The van der Waals surface area contributed by atoms with E-state index in [9.17, 15) is 18.0 Å². The third-order valence-electron chi connectivity index (χ3n) is 5.17. The molecular weight excluding hydrogens is 355 g/mol. The Labute approximate surface area is 144 Å². The fourth-order valence-electron chi connectivity index (χ4n) is 4.09. The molecule has 0 radical (unpaired) electrons. The highest BCUT2D eigenvalue weighted by molar-refractivity contribution is 5.94. The van der Waals surface area contributed by atoms with Gasteiger partial charge in [0, 0.05) is 12.1 Å². The molecule has 26 heavy (non-hydrogen) atoms. The van der Waals surface area contributed by atoms with Crippen LogP contribution < -0.4 is 14.8 Å². The van der Waals surface area contributed by atoms with Gasteiger partial charge < -0.3 is 19.2 Å². The number of nitrogens with one attached hydrogen (secondary N) is 2. The van der Waals surface area contributed by atoms with Crippen molar-refractivity contribution < 1.29 is 32.2 Å². The lowest BCUT2D eigenvalue weighted by atomic mass is 9.78. The zero-order chi connectivity index (χ0) is 18.1. The monoisotopic (exact) mass is 369 g/mol. The van der Waals surface area contributed by atoms with Crippen molar-refractivity contribution in [3.05, 3.63) is 12.1 Å². The van der Waals surface area contributed by atoms with Gasteiger partial charge in [-0.3, -0.25) is 10.1 Å². The van der Waals surface area contributed by atoms with Gasteiger partial charge in [0.1, 0.15) is 0 Å². The molecule has 1 amide bonds. The van der Waals surface area contributed by atoms with Gasteiger partial charge in [-0.15, -0.1) is 0 Å². The number of nitrogens with zero attached hydrogens (tertiary/aromatic N) is 1. The van der Waals surface area contributed by atoms with Crippen LogP contribution in [0.2, 0.25) is 0 Å². The van der Waals surface area contributed by atoms with Crippen LogP contribution in [0.4, 0.5) is 19.1 Å². The number of ether oxygens (including phenoxy) is 3. The molecule has 5 rings (SSSR count). The van der Waals surface area contributed by atoms with Crippen LogP contribution >= 0.6 is 0 Å². The number of hydrogen-bond donors (Lipinski definition) is 2. The maximum absolute atomic E-state index is 13.4. The lowest BCUT2D eigenvalue weighted by molar-refractivity contribution is -0.196. The van der Waals surface area contributed by atoms with Gasteiger partial charge in [-0.1, -0.05) is 0 Å². The Bertz CT molecular complexity index is 856. The van der Waals surface area contributed by atoms with Crippen LogP contribution in [0.3, 0.4) is 0 Å². The molecule has 2 aromatic rings. The van der Waals surface area contributed by atoms with Crippen molar-refractivity contribution in [2.45, 2.75) is 31.2 Å². The first-order valence-electron chi connectivity index (χ1n) is 8.22. The second-order valence-electron chi connectivity index (χ2n) is 6.68. The molecule has 2 bridgehead atoms. The molecular formula is C16H14F3N3O4. The zero-order valence-electron chi connectivity index (χ0n) is 13.3. The highest BCUT2D eigenvalue weighted by atomic mass is 19.4. The maximum Gasteiger partial charge on any atom is 0.395 e. The fraction of sp³-hybridized carbons (Fsp3) is 0.500. The second kappa shape index (κ2) is 5.26. The summed E-state index contributed by atoms with van der Waals surface area (Å²) >= 11 is 0. The van der Waals surface area contributed by atoms with Crippen molar-refractivity contribution >= 4 is 22.9 Å². The number of anilines is 1. The van der Waals surface area contributed by atoms with Gasteiger partial charge in [-0.25, -0.2) is 4.98 Å². The summed E-state index contributed by atoms with van der Waals surface area (Å²) < 4.78 is 55.9. The molecule has 2 N–H and O–H groups in total. The van der Waals surface area contributed by atoms with Crippen molar-refractivity contribution in [3.63, 3.8) is 0 Å². The average Bonchev–Trinajstić information content (AvgIpc) is 3.32. The number of aromatic amines is 1. The van der Waals surface area contributed by atoms with Crippen LogP contribution in [0.1, 0.15) is 12.8 Å². The molecule has 10 heteroatoms. The molecule has 2 saturated heterocycles. The number of aromatic nitrogens is 2. The molecule has 3 aliphatic rings. The van der Waals surface area contributed by atoms with Crippen molar-refractivity contribution in [2.24, 2.45) is 11.8 Å². The predicted octanol–water partition coefficient (Wildman–Crippen LogP) is 2.59. The van der Waals surface area contributed by atoms with Crippen LogP contribution in [0.5, 0.6) is 11.5 Å². The number of H-pyrrole nitrogens is 1. The van der Waals surface area contributed by atoms with Gasteiger partial charge in [-0.2, -0.15) is 13.2 Å². The SMILES string of the molecule is O=C(Nc1nc2cc3c(cc2[nH]1)OCO3)C1C2CCC(O2)C1C(F)(F)F. The minimum Gasteiger partial charge on any atom is -0.454 e. The van der Waals surface area contributed by atoms with Crippen molar-refractivity contribution in [1.29, 1.82) is 0 Å². The first kappa shape index (κ1) is 15.7. The molecule has 0 spiro atoms. The molecule has 4 heterocycles. The smallest absolute Gasteiger partial charge is 0.395 e. The number of alkyl halides is 3. The van der Waals surface area contributed by atoms with E-state index in [4.69, 9.17) is 14.2 Å². The summed E-state index contributed by atoms with van der Waals surface area (Å²) in [5.74, 6) is -2.64. The Morgan fingerprint density at radius 3 is 2.69 bits per heavy atom. The Morgan fingerprint density at radius 2 is 1.92 bits per heavy atom. The van der Waals surface area contributed by atoms with Gasteiger partial charge in [0.05, 0.1) is 35.1 Å². The number of benzene rings is 1. The lowest BCUT2D eigenvalue weighted by Gasteiger charge is -2.28. The Morgan fingerprint density at radius 1 is 1.19 bits per heavy atom. The highest BCUT2D eigenvalue weighted by Gasteiger charge is 2.62. The minimum absolute atomic E-state index is 0.0809. The summed E-state index contributed by atoms with van der Waals surface area (Å²) in [6.45, 7) is 0.120. The molecule has 1 aromatic heterocycles. The van der Waals surface area contributed by atoms with E-state index in [1.807, 2.05) is 0 Å². The Kier molecular flexibility index (Phi) is 3.18. The highest BCUT2D eigenvalue weighted by Crippen LogP contribution is 2.50. The van der Waals surface area contributed by atoms with E-state index in [1.54, 1.807) is 12.1 Å². The third kappa shape index (κ3) is 2.32. The quantitative estimate of drug-likeness (QED) is 0.850. The lowest BCUT2D eigenvalue weighted by Crippen LogP contribution is -2.44. The molecule has 4 unspecified atom stereocenters. The standard InChI is InChI=1S/C16H14F3N3O4/c17-16(18,19)13-9-2-1-8(26-9)12(13)14(23)22-15-20-6-3-10-11(25-5-24-10)4-7(6)21-15/h3-4,8-9,12-13H,1-2,5H2,(H2,20,21,22,23). The maximum atomic E-state index is 13.4. The number of rotatable bonds is 2. The summed E-state index contributed by atoms with van der Waals surface area (Å²) in [6, 6.07) is 3.31. The number of fused-ring (bicyclic) bond motifs is 4. The Balaban J connectivity index is 1.40. The number of halogens is 3. The van der Waals surface area contributed by atoms with Crippen molar-refractivity contribution in [2.75, 3.05) is 12.1 Å². The number of hydrogen-bond acceptors (Lipinski definition) is 5. The number of imidazole rings is 1. The summed E-state index contributed by atoms with van der Waals surface area (Å²) in [4.78, 5) is 19.6. The van der Waals surface area contributed by atoms with Crippen LogP contribution in [-0.2, 0) is 9.53 Å². The van der Waals surface area contributed by atoms with Crippen LogP contribution in [-0.4, -0.2) is 41.1 Å². The number of carbonyl (C=O) groups is 1. The summed E-state index contributed by atoms with van der Waals surface area (Å²) in [7, 11) is 0. The fourth-order valence-corrected chi connectivity index (χ4v) is 4.09. The normalized spacial score (nSPS) is 29.5. The zero-order valence-corrected chi connectivity index (χ0v) is 13.3. The van der Waals surface area contributed by atoms with Gasteiger partial charge in [-0.05, 0) is 12.8 Å². The topological polar surface area (TPSA) is 85.5 Å². The van der Waals surface area contributed by atoms with E-state index >= 15 is 0 Å². The third-order valence-corrected chi connectivity index (χ3v) is 5.17. The van der Waals surface area contributed by atoms with E-state index in [0.29, 0.717) is 35.4 Å². The number of carbonyl (C=O) groups excluding carboxylic acids is 1. The molecule has 0 aliphatic carbocycles.